The van der Waals surface area contributed by atoms with Crippen molar-refractivity contribution in [2.45, 2.75) is 50.7 Å². The Labute approximate surface area is 220 Å². The van der Waals surface area contributed by atoms with Crippen LogP contribution in [0, 0.1) is 11.6 Å². The van der Waals surface area contributed by atoms with Crippen LogP contribution < -0.4 is 10.6 Å². The second-order valence-corrected chi connectivity index (χ2v) is 9.39. The monoisotopic (exact) mass is 536 g/mol. The highest BCUT2D eigenvalue weighted by molar-refractivity contribution is 5.96. The first-order chi connectivity index (χ1) is 18.3. The summed E-state index contributed by atoms with van der Waals surface area (Å²) in [5.41, 5.74) is 1.77. The number of ether oxygens (including phenoxy) is 1. The van der Waals surface area contributed by atoms with Gasteiger partial charge in [0.05, 0.1) is 11.7 Å². The fourth-order valence-electron chi connectivity index (χ4n) is 4.40. The molecule has 0 spiro atoms. The Bertz CT molecular complexity index is 1080. The topological polar surface area (TPSA) is 104 Å². The summed E-state index contributed by atoms with van der Waals surface area (Å²) in [5, 5.41) is 15.2. The highest BCUT2D eigenvalue weighted by Gasteiger charge is 2.24. The SMILES string of the molecule is COC(CF)CN(CCCCc1ccc2c(n1)NCCC2)CCC(NC(=O)c1ccc(F)cc1F)C(=O)O. The molecule has 0 bridgehead atoms. The lowest BCUT2D eigenvalue weighted by atomic mass is 10.1. The van der Waals surface area contributed by atoms with Crippen molar-refractivity contribution in [3.05, 3.63) is 58.8 Å². The predicted molar refractivity (Wildman–Crippen MR) is 137 cm³/mol. The maximum atomic E-state index is 14.0. The first-order valence-corrected chi connectivity index (χ1v) is 12.8. The van der Waals surface area contributed by atoms with Crippen molar-refractivity contribution in [2.24, 2.45) is 0 Å². The summed E-state index contributed by atoms with van der Waals surface area (Å²) >= 11 is 0. The van der Waals surface area contributed by atoms with Gasteiger partial charge in [-0.3, -0.25) is 4.79 Å². The third kappa shape index (κ3) is 8.70. The predicted octanol–water partition coefficient (Wildman–Crippen LogP) is 3.60. The third-order valence-corrected chi connectivity index (χ3v) is 6.59. The number of benzene rings is 1. The van der Waals surface area contributed by atoms with Crippen molar-refractivity contribution in [2.75, 3.05) is 45.3 Å². The van der Waals surface area contributed by atoms with Crippen LogP contribution in [0.15, 0.2) is 30.3 Å². The summed E-state index contributed by atoms with van der Waals surface area (Å²) in [6.45, 7) is 1.28. The van der Waals surface area contributed by atoms with E-state index >= 15 is 0 Å². The smallest absolute Gasteiger partial charge is 0.326 e. The first-order valence-electron chi connectivity index (χ1n) is 12.8. The standard InChI is InChI=1S/C27H35F3N4O4/c1-38-21(16-28)17-34(13-3-2-6-20-9-7-18-5-4-12-31-25(18)32-20)14-11-24(27(36)37)33-26(35)22-10-8-19(29)15-23(22)30/h7-10,15,21,24H,2-6,11-14,16-17H2,1H3,(H,31,32)(H,33,35)(H,36,37). The number of rotatable bonds is 15. The van der Waals surface area contributed by atoms with E-state index in [4.69, 9.17) is 9.72 Å². The molecule has 0 saturated carbocycles. The zero-order chi connectivity index (χ0) is 27.5. The third-order valence-electron chi connectivity index (χ3n) is 6.59. The number of aryl methyl sites for hydroxylation is 2. The quantitative estimate of drug-likeness (QED) is 0.299. The minimum Gasteiger partial charge on any atom is -0.480 e. The molecule has 0 fully saturated rings. The minimum absolute atomic E-state index is 0.00462. The number of carboxylic acid groups (broad SMARTS) is 1. The molecule has 1 aromatic carbocycles. The van der Waals surface area contributed by atoms with Crippen LogP contribution in [0.25, 0.3) is 0 Å². The molecular formula is C27H35F3N4O4. The molecule has 3 N–H and O–H groups in total. The van der Waals surface area contributed by atoms with Crippen LogP contribution in [0.2, 0.25) is 0 Å². The Morgan fingerprint density at radius 1 is 1.21 bits per heavy atom. The normalized spacial score (nSPS) is 14.4. The largest absolute Gasteiger partial charge is 0.480 e. The molecule has 0 aliphatic carbocycles. The summed E-state index contributed by atoms with van der Waals surface area (Å²) < 4.78 is 45.6. The van der Waals surface area contributed by atoms with Crippen LogP contribution in [-0.4, -0.2) is 79.0 Å². The Morgan fingerprint density at radius 3 is 2.74 bits per heavy atom. The van der Waals surface area contributed by atoms with Crippen molar-refractivity contribution in [1.29, 1.82) is 0 Å². The fraction of sp³-hybridized carbons (Fsp3) is 0.519. The van der Waals surface area contributed by atoms with Gasteiger partial charge in [0, 0.05) is 38.5 Å². The highest BCUT2D eigenvalue weighted by Crippen LogP contribution is 2.20. The number of amides is 1. The van der Waals surface area contributed by atoms with Gasteiger partial charge >= 0.3 is 5.97 Å². The van der Waals surface area contributed by atoms with E-state index in [1.54, 1.807) is 0 Å². The average molecular weight is 537 g/mol. The molecule has 1 aromatic heterocycles. The van der Waals surface area contributed by atoms with Crippen LogP contribution >= 0.6 is 0 Å². The molecule has 11 heteroatoms. The number of pyridine rings is 1. The molecule has 3 rings (SSSR count). The Balaban J connectivity index is 1.55. The summed E-state index contributed by atoms with van der Waals surface area (Å²) in [7, 11) is 1.41. The number of alkyl halides is 1. The van der Waals surface area contributed by atoms with Gasteiger partial charge in [-0.2, -0.15) is 0 Å². The number of carbonyl (C=O) groups excluding carboxylic acids is 1. The number of carboxylic acids is 1. The number of nitrogens with zero attached hydrogens (tertiary/aromatic N) is 2. The van der Waals surface area contributed by atoms with Gasteiger partial charge in [0.1, 0.15) is 30.2 Å². The van der Waals surface area contributed by atoms with E-state index in [1.165, 1.54) is 12.7 Å². The van der Waals surface area contributed by atoms with Crippen LogP contribution in [0.3, 0.4) is 0 Å². The molecule has 2 heterocycles. The van der Waals surface area contributed by atoms with E-state index < -0.39 is 47.9 Å². The zero-order valence-corrected chi connectivity index (χ0v) is 21.5. The van der Waals surface area contributed by atoms with Gasteiger partial charge in [-0.25, -0.2) is 22.9 Å². The van der Waals surface area contributed by atoms with Crippen molar-refractivity contribution < 1.29 is 32.6 Å². The fourth-order valence-corrected chi connectivity index (χ4v) is 4.40. The number of hydrogen-bond acceptors (Lipinski definition) is 6. The van der Waals surface area contributed by atoms with Crippen LogP contribution in [0.1, 0.15) is 47.3 Å². The molecule has 0 radical (unpaired) electrons. The summed E-state index contributed by atoms with van der Waals surface area (Å²) in [4.78, 5) is 30.8. The lowest BCUT2D eigenvalue weighted by molar-refractivity contribution is -0.139. The lowest BCUT2D eigenvalue weighted by Gasteiger charge is -2.27. The van der Waals surface area contributed by atoms with Gasteiger partial charge in [0.25, 0.3) is 5.91 Å². The molecule has 2 unspecified atom stereocenters. The molecule has 8 nitrogen and oxygen atoms in total. The second kappa shape index (κ2) is 14.7. The summed E-state index contributed by atoms with van der Waals surface area (Å²) in [6, 6.07) is 5.28. The zero-order valence-electron chi connectivity index (χ0n) is 21.5. The van der Waals surface area contributed by atoms with Crippen molar-refractivity contribution >= 4 is 17.7 Å². The van der Waals surface area contributed by atoms with Crippen LogP contribution in [-0.2, 0) is 22.4 Å². The first kappa shape index (κ1) is 29.4. The van der Waals surface area contributed by atoms with E-state index in [9.17, 15) is 27.9 Å². The number of hydrogen-bond donors (Lipinski definition) is 3. The number of unbranched alkanes of at least 4 members (excludes halogenated alkanes) is 1. The minimum atomic E-state index is -1.31. The van der Waals surface area contributed by atoms with Gasteiger partial charge in [-0.1, -0.05) is 6.07 Å². The molecule has 1 aliphatic heterocycles. The van der Waals surface area contributed by atoms with E-state index in [-0.39, 0.29) is 19.5 Å². The van der Waals surface area contributed by atoms with Gasteiger partial charge in [-0.05, 0) is 68.8 Å². The van der Waals surface area contributed by atoms with Crippen molar-refractivity contribution in [3.8, 4) is 0 Å². The van der Waals surface area contributed by atoms with Gasteiger partial charge in [0.15, 0.2) is 0 Å². The summed E-state index contributed by atoms with van der Waals surface area (Å²) in [6.07, 6.45) is 3.83. The molecular weight excluding hydrogens is 501 g/mol. The molecule has 0 saturated heterocycles. The maximum absolute atomic E-state index is 14.0. The average Bonchev–Trinajstić information content (AvgIpc) is 2.90. The van der Waals surface area contributed by atoms with Gasteiger partial charge < -0.3 is 25.4 Å². The lowest BCUT2D eigenvalue weighted by Crippen LogP contribution is -2.44. The molecule has 38 heavy (non-hydrogen) atoms. The Hall–Kier alpha value is -3.18. The number of halogens is 3. The summed E-state index contributed by atoms with van der Waals surface area (Å²) in [5.74, 6) is -3.22. The van der Waals surface area contributed by atoms with Crippen LogP contribution in [0.5, 0.6) is 0 Å². The van der Waals surface area contributed by atoms with Crippen molar-refractivity contribution in [1.82, 2.24) is 15.2 Å². The van der Waals surface area contributed by atoms with E-state index in [0.717, 1.165) is 62.3 Å². The van der Waals surface area contributed by atoms with Crippen molar-refractivity contribution in [3.63, 3.8) is 0 Å². The molecule has 208 valence electrons. The van der Waals surface area contributed by atoms with Gasteiger partial charge in [0.2, 0.25) is 0 Å². The maximum Gasteiger partial charge on any atom is 0.326 e. The van der Waals surface area contributed by atoms with E-state index in [0.29, 0.717) is 12.6 Å². The van der Waals surface area contributed by atoms with E-state index in [2.05, 4.69) is 16.7 Å². The van der Waals surface area contributed by atoms with E-state index in [1.807, 2.05) is 11.0 Å². The number of methoxy groups -OCH3 is 1. The number of aromatic nitrogens is 1. The molecule has 2 atom stereocenters. The highest BCUT2D eigenvalue weighted by atomic mass is 19.1. The Morgan fingerprint density at radius 2 is 2.03 bits per heavy atom. The Kier molecular flexibility index (Phi) is 11.3. The van der Waals surface area contributed by atoms with Gasteiger partial charge in [-0.15, -0.1) is 0 Å². The molecule has 1 amide bonds. The number of carbonyl (C=O) groups is 2. The van der Waals surface area contributed by atoms with Crippen LogP contribution in [0.4, 0.5) is 19.0 Å². The molecule has 2 aromatic rings. The second-order valence-electron chi connectivity index (χ2n) is 9.39. The number of nitrogens with one attached hydrogen (secondary N) is 2. The molecule has 1 aliphatic rings. The number of anilines is 1. The number of fused-ring (bicyclic) bond motifs is 1. The number of aliphatic carboxylic acids is 1.